The Kier molecular flexibility index (Phi) is 2.76. The molecule has 0 aliphatic heterocycles. The molecule has 2 heteroatoms. The van der Waals surface area contributed by atoms with Crippen LogP contribution in [0, 0.1) is 5.41 Å². The van der Waals surface area contributed by atoms with E-state index in [1.807, 2.05) is 0 Å². The number of hydrogen-bond donors (Lipinski definition) is 2. The second kappa shape index (κ2) is 3.28. The lowest BCUT2D eigenvalue weighted by atomic mass is 9.84. The molecule has 11 heavy (non-hydrogen) atoms. The first-order valence-electron chi connectivity index (χ1n) is 3.77. The van der Waals surface area contributed by atoms with Crippen molar-refractivity contribution in [2.75, 3.05) is 0 Å². The summed E-state index contributed by atoms with van der Waals surface area (Å²) in [5.74, 6) is 0. The molecule has 0 nitrogen and oxygen atoms in total. The van der Waals surface area contributed by atoms with Gasteiger partial charge in [0, 0.05) is 5.41 Å². The molecule has 1 atom stereocenters. The lowest BCUT2D eigenvalue weighted by Crippen LogP contribution is -2.22. The fraction of sp³-hybridized carbons (Fsp3) is 0.556. The zero-order valence-electron chi connectivity index (χ0n) is 6.91. The first-order valence-corrected chi connectivity index (χ1v) is 4.80. The SMILES string of the molecule is CC1=CCC(C)(C(S)S)C=C1. The molecule has 0 aromatic heterocycles. The van der Waals surface area contributed by atoms with Crippen LogP contribution in [0.5, 0.6) is 0 Å². The Morgan fingerprint density at radius 1 is 1.55 bits per heavy atom. The van der Waals surface area contributed by atoms with Gasteiger partial charge in [-0.1, -0.05) is 30.7 Å². The van der Waals surface area contributed by atoms with Gasteiger partial charge in [0.25, 0.3) is 0 Å². The molecule has 0 heterocycles. The van der Waals surface area contributed by atoms with Crippen molar-refractivity contribution >= 4 is 25.3 Å². The highest BCUT2D eigenvalue weighted by atomic mass is 32.2. The minimum Gasteiger partial charge on any atom is -0.164 e. The van der Waals surface area contributed by atoms with Crippen LogP contribution in [0.2, 0.25) is 0 Å². The summed E-state index contributed by atoms with van der Waals surface area (Å²) < 4.78 is 0.128. The van der Waals surface area contributed by atoms with Crippen molar-refractivity contribution in [3.8, 4) is 0 Å². The Balaban J connectivity index is 2.74. The van der Waals surface area contributed by atoms with Gasteiger partial charge in [0.1, 0.15) is 0 Å². The van der Waals surface area contributed by atoms with Crippen molar-refractivity contribution in [2.24, 2.45) is 5.41 Å². The number of allylic oxidation sites excluding steroid dienone is 4. The molecule has 0 radical (unpaired) electrons. The van der Waals surface area contributed by atoms with Gasteiger partial charge in [-0.3, -0.25) is 0 Å². The summed E-state index contributed by atoms with van der Waals surface area (Å²) in [6.07, 6.45) is 7.63. The maximum atomic E-state index is 4.34. The van der Waals surface area contributed by atoms with Crippen LogP contribution in [0.3, 0.4) is 0 Å². The maximum Gasteiger partial charge on any atom is 0.0533 e. The molecule has 0 saturated heterocycles. The normalized spacial score (nSPS) is 30.8. The predicted octanol–water partition coefficient (Wildman–Crippen LogP) is 3.08. The fourth-order valence-electron chi connectivity index (χ4n) is 1.03. The molecule has 0 saturated carbocycles. The van der Waals surface area contributed by atoms with E-state index in [0.29, 0.717) is 0 Å². The molecule has 1 aliphatic carbocycles. The average molecular weight is 186 g/mol. The second-order valence-electron chi connectivity index (χ2n) is 3.37. The third kappa shape index (κ3) is 2.06. The Labute approximate surface area is 79.6 Å². The third-order valence-electron chi connectivity index (χ3n) is 2.18. The lowest BCUT2D eigenvalue weighted by molar-refractivity contribution is 0.475. The number of hydrogen-bond acceptors (Lipinski definition) is 2. The Morgan fingerprint density at radius 3 is 2.55 bits per heavy atom. The van der Waals surface area contributed by atoms with Crippen molar-refractivity contribution in [1.82, 2.24) is 0 Å². The topological polar surface area (TPSA) is 0 Å². The standard InChI is InChI=1S/C9H14S2/c1-7-3-5-9(2,6-4-7)8(10)11/h3-5,8,10-11H,6H2,1-2H3. The molecular weight excluding hydrogens is 172 g/mol. The van der Waals surface area contributed by atoms with E-state index in [2.05, 4.69) is 57.3 Å². The van der Waals surface area contributed by atoms with Gasteiger partial charge in [0.15, 0.2) is 0 Å². The van der Waals surface area contributed by atoms with Gasteiger partial charge in [0.2, 0.25) is 0 Å². The summed E-state index contributed by atoms with van der Waals surface area (Å²) in [4.78, 5) is 0. The van der Waals surface area contributed by atoms with Gasteiger partial charge in [-0.15, -0.1) is 0 Å². The van der Waals surface area contributed by atoms with Crippen LogP contribution in [0.15, 0.2) is 23.8 Å². The van der Waals surface area contributed by atoms with Crippen molar-refractivity contribution in [3.63, 3.8) is 0 Å². The van der Waals surface area contributed by atoms with E-state index in [0.717, 1.165) is 6.42 Å². The quantitative estimate of drug-likeness (QED) is 0.456. The molecule has 0 spiro atoms. The summed E-state index contributed by atoms with van der Waals surface area (Å²) in [7, 11) is 0. The highest BCUT2D eigenvalue weighted by Gasteiger charge is 2.26. The summed E-state index contributed by atoms with van der Waals surface area (Å²) in [6, 6.07) is 0. The van der Waals surface area contributed by atoms with Crippen LogP contribution >= 0.6 is 25.3 Å². The predicted molar refractivity (Wildman–Crippen MR) is 57.4 cm³/mol. The molecule has 1 rings (SSSR count). The van der Waals surface area contributed by atoms with Crippen molar-refractivity contribution in [2.45, 2.75) is 24.9 Å². The van der Waals surface area contributed by atoms with Crippen molar-refractivity contribution in [1.29, 1.82) is 0 Å². The van der Waals surface area contributed by atoms with E-state index in [4.69, 9.17) is 0 Å². The van der Waals surface area contributed by atoms with Gasteiger partial charge >= 0.3 is 0 Å². The smallest absolute Gasteiger partial charge is 0.0533 e. The minimum absolute atomic E-state index is 0.128. The molecule has 0 fully saturated rings. The molecule has 0 bridgehead atoms. The number of rotatable bonds is 1. The van der Waals surface area contributed by atoms with Crippen LogP contribution in [-0.2, 0) is 0 Å². The highest BCUT2D eigenvalue weighted by Crippen LogP contribution is 2.37. The molecule has 0 amide bonds. The van der Waals surface area contributed by atoms with E-state index in [1.165, 1.54) is 5.57 Å². The Morgan fingerprint density at radius 2 is 2.18 bits per heavy atom. The molecule has 0 N–H and O–H groups in total. The zero-order chi connectivity index (χ0) is 8.48. The van der Waals surface area contributed by atoms with Gasteiger partial charge in [-0.2, -0.15) is 25.3 Å². The van der Waals surface area contributed by atoms with E-state index in [1.54, 1.807) is 0 Å². The van der Waals surface area contributed by atoms with E-state index in [9.17, 15) is 0 Å². The summed E-state index contributed by atoms with van der Waals surface area (Å²) >= 11 is 8.68. The maximum absolute atomic E-state index is 4.34. The molecular formula is C9H14S2. The van der Waals surface area contributed by atoms with Crippen molar-refractivity contribution < 1.29 is 0 Å². The molecule has 0 aromatic rings. The van der Waals surface area contributed by atoms with Gasteiger partial charge in [-0.25, -0.2) is 0 Å². The monoisotopic (exact) mass is 186 g/mol. The largest absolute Gasteiger partial charge is 0.164 e. The third-order valence-corrected chi connectivity index (χ3v) is 3.36. The van der Waals surface area contributed by atoms with Gasteiger partial charge < -0.3 is 0 Å². The molecule has 62 valence electrons. The van der Waals surface area contributed by atoms with Gasteiger partial charge in [-0.05, 0) is 13.3 Å². The van der Waals surface area contributed by atoms with Crippen LogP contribution in [0.4, 0.5) is 0 Å². The molecule has 1 aliphatic rings. The molecule has 0 aromatic carbocycles. The van der Waals surface area contributed by atoms with Crippen LogP contribution in [-0.4, -0.2) is 4.58 Å². The summed E-state index contributed by atoms with van der Waals surface area (Å²) in [6.45, 7) is 4.29. The van der Waals surface area contributed by atoms with E-state index in [-0.39, 0.29) is 10.00 Å². The average Bonchev–Trinajstić information content (AvgIpc) is 1.95. The molecule has 1 unspecified atom stereocenters. The second-order valence-corrected chi connectivity index (χ2v) is 4.81. The number of thiol groups is 2. The van der Waals surface area contributed by atoms with Crippen LogP contribution < -0.4 is 0 Å². The Hall–Kier alpha value is 0.180. The van der Waals surface area contributed by atoms with E-state index >= 15 is 0 Å². The first-order chi connectivity index (χ1) is 5.04. The first kappa shape index (κ1) is 9.27. The fourth-order valence-corrected chi connectivity index (χ4v) is 1.41. The van der Waals surface area contributed by atoms with Gasteiger partial charge in [0.05, 0.1) is 4.58 Å². The lowest BCUT2D eigenvalue weighted by Gasteiger charge is -2.30. The van der Waals surface area contributed by atoms with E-state index < -0.39 is 0 Å². The highest BCUT2D eigenvalue weighted by molar-refractivity contribution is 7.99. The van der Waals surface area contributed by atoms with Crippen LogP contribution in [0.1, 0.15) is 20.3 Å². The van der Waals surface area contributed by atoms with Crippen LogP contribution in [0.25, 0.3) is 0 Å². The Bertz CT molecular complexity index is 204. The summed E-state index contributed by atoms with van der Waals surface area (Å²) in [5, 5.41) is 0. The summed E-state index contributed by atoms with van der Waals surface area (Å²) in [5.41, 5.74) is 1.47. The van der Waals surface area contributed by atoms with Crippen molar-refractivity contribution in [3.05, 3.63) is 23.8 Å². The zero-order valence-corrected chi connectivity index (χ0v) is 8.70. The minimum atomic E-state index is 0.128.